The van der Waals surface area contributed by atoms with Crippen LogP contribution in [-0.2, 0) is 6.61 Å². The average Bonchev–Trinajstić information content (AvgIpc) is 2.24. The second-order valence-electron chi connectivity index (χ2n) is 3.29. The lowest BCUT2D eigenvalue weighted by Gasteiger charge is -2.11. The molecule has 0 aromatic carbocycles. The number of aromatic nitrogens is 2. The van der Waals surface area contributed by atoms with Gasteiger partial charge in [-0.15, -0.1) is 0 Å². The third kappa shape index (κ3) is 1.37. The standard InChI is InChI=1S/C10H10N2O3/c1-6-2-3-8-9(14)7(5-13)4-11-10(8)12(6)15/h2-4,13,15H,5H2,1H3. The van der Waals surface area contributed by atoms with E-state index in [9.17, 15) is 10.0 Å². The summed E-state index contributed by atoms with van der Waals surface area (Å²) in [7, 11) is 0. The number of fused-ring (bicyclic) bond motifs is 1. The fourth-order valence-corrected chi connectivity index (χ4v) is 1.41. The highest BCUT2D eigenvalue weighted by Crippen LogP contribution is 2.16. The Hall–Kier alpha value is -1.88. The molecule has 0 radical (unpaired) electrons. The van der Waals surface area contributed by atoms with Gasteiger partial charge in [0, 0.05) is 11.8 Å². The molecule has 0 spiro atoms. The molecule has 5 heteroatoms. The first kappa shape index (κ1) is 9.67. The minimum atomic E-state index is -0.346. The minimum absolute atomic E-state index is 0.206. The van der Waals surface area contributed by atoms with E-state index in [1.54, 1.807) is 19.1 Å². The lowest BCUT2D eigenvalue weighted by Crippen LogP contribution is -2.18. The number of aliphatic hydroxyl groups excluding tert-OH is 1. The number of rotatable bonds is 1. The van der Waals surface area contributed by atoms with Crippen LogP contribution in [0, 0.1) is 6.92 Å². The fourth-order valence-electron chi connectivity index (χ4n) is 1.41. The van der Waals surface area contributed by atoms with Crippen LogP contribution < -0.4 is 5.43 Å². The van der Waals surface area contributed by atoms with Crippen molar-refractivity contribution in [3.63, 3.8) is 0 Å². The molecule has 0 bridgehead atoms. The summed E-state index contributed by atoms with van der Waals surface area (Å²) in [5, 5.41) is 18.5. The van der Waals surface area contributed by atoms with E-state index in [2.05, 4.69) is 4.98 Å². The SMILES string of the molecule is Cc1ccc2c(=O)c(CO)cnc-2n1O. The van der Waals surface area contributed by atoms with E-state index in [1.807, 2.05) is 0 Å². The van der Waals surface area contributed by atoms with Gasteiger partial charge >= 0.3 is 0 Å². The monoisotopic (exact) mass is 206 g/mol. The Morgan fingerprint density at radius 3 is 2.87 bits per heavy atom. The molecule has 2 N–H and O–H groups in total. The molecule has 2 rings (SSSR count). The van der Waals surface area contributed by atoms with Crippen LogP contribution in [0.25, 0.3) is 11.4 Å². The summed E-state index contributed by atoms with van der Waals surface area (Å²) in [6.07, 6.45) is 1.27. The van der Waals surface area contributed by atoms with E-state index < -0.39 is 0 Å². The van der Waals surface area contributed by atoms with Crippen molar-refractivity contribution >= 4 is 0 Å². The maximum atomic E-state index is 11.7. The second kappa shape index (κ2) is 3.36. The summed E-state index contributed by atoms with van der Waals surface area (Å²) in [6.45, 7) is 1.35. The number of aliphatic hydroxyl groups is 1. The van der Waals surface area contributed by atoms with Crippen LogP contribution in [0.5, 0.6) is 0 Å². The molecule has 0 aliphatic carbocycles. The zero-order valence-corrected chi connectivity index (χ0v) is 8.14. The number of hydrogen-bond donors (Lipinski definition) is 2. The molecule has 78 valence electrons. The van der Waals surface area contributed by atoms with Crippen molar-refractivity contribution in [3.8, 4) is 11.4 Å². The highest BCUT2D eigenvalue weighted by Gasteiger charge is 2.14. The third-order valence-electron chi connectivity index (χ3n) is 2.32. The number of nitrogens with zero attached hydrogens (tertiary/aromatic N) is 2. The van der Waals surface area contributed by atoms with Crippen LogP contribution in [0.3, 0.4) is 0 Å². The smallest absolute Gasteiger partial charge is 0.196 e. The van der Waals surface area contributed by atoms with E-state index in [1.165, 1.54) is 6.20 Å². The Morgan fingerprint density at radius 2 is 2.20 bits per heavy atom. The molecule has 0 unspecified atom stereocenters. The summed E-state index contributed by atoms with van der Waals surface area (Å²) < 4.78 is 0.859. The van der Waals surface area contributed by atoms with Gasteiger partial charge in [0.15, 0.2) is 11.3 Å². The van der Waals surface area contributed by atoms with Crippen LogP contribution in [0.1, 0.15) is 11.3 Å². The van der Waals surface area contributed by atoms with Crippen molar-refractivity contribution in [3.05, 3.63) is 39.8 Å². The first-order chi connectivity index (χ1) is 7.15. The summed E-state index contributed by atoms with van der Waals surface area (Å²) in [6, 6.07) is 3.21. The van der Waals surface area contributed by atoms with Crippen molar-refractivity contribution < 1.29 is 10.3 Å². The van der Waals surface area contributed by atoms with Gasteiger partial charge in [0.25, 0.3) is 0 Å². The largest absolute Gasteiger partial charge is 0.427 e. The Balaban J connectivity index is 2.85. The summed E-state index contributed by atoms with van der Waals surface area (Å²) in [4.78, 5) is 15.6. The lowest BCUT2D eigenvalue weighted by atomic mass is 10.1. The van der Waals surface area contributed by atoms with Gasteiger partial charge in [-0.05, 0) is 19.1 Å². The molecule has 0 saturated carbocycles. The minimum Gasteiger partial charge on any atom is -0.427 e. The normalized spacial score (nSPS) is 10.8. The van der Waals surface area contributed by atoms with Crippen molar-refractivity contribution in [1.29, 1.82) is 0 Å². The number of aryl methyl sites for hydroxylation is 1. The molecule has 0 amide bonds. The molecule has 2 heterocycles. The topological polar surface area (TPSA) is 75.3 Å². The Bertz CT molecular complexity index is 533. The summed E-state index contributed by atoms with van der Waals surface area (Å²) >= 11 is 0. The van der Waals surface area contributed by atoms with Crippen molar-refractivity contribution in [1.82, 2.24) is 9.71 Å². The van der Waals surface area contributed by atoms with Crippen LogP contribution in [-0.4, -0.2) is 20.0 Å². The van der Waals surface area contributed by atoms with Gasteiger partial charge in [0.1, 0.15) is 0 Å². The molecule has 0 aromatic rings. The molecular formula is C10H10N2O3. The van der Waals surface area contributed by atoms with Crippen LogP contribution in [0.2, 0.25) is 0 Å². The highest BCUT2D eigenvalue weighted by molar-refractivity contribution is 5.57. The van der Waals surface area contributed by atoms with E-state index in [0.717, 1.165) is 4.73 Å². The third-order valence-corrected chi connectivity index (χ3v) is 2.32. The van der Waals surface area contributed by atoms with Gasteiger partial charge < -0.3 is 10.3 Å². The molecule has 0 aromatic heterocycles. The summed E-state index contributed by atoms with van der Waals surface area (Å²) in [5.41, 5.74) is 0.817. The molecule has 2 aliphatic heterocycles. The van der Waals surface area contributed by atoms with Gasteiger partial charge in [-0.2, -0.15) is 4.73 Å². The van der Waals surface area contributed by atoms with Crippen molar-refractivity contribution in [2.45, 2.75) is 13.5 Å². The molecule has 5 nitrogen and oxygen atoms in total. The molecule has 0 fully saturated rings. The van der Waals surface area contributed by atoms with E-state index in [-0.39, 0.29) is 23.4 Å². The molecule has 15 heavy (non-hydrogen) atoms. The number of hydrogen-bond acceptors (Lipinski definition) is 4. The zero-order valence-electron chi connectivity index (χ0n) is 8.14. The van der Waals surface area contributed by atoms with Crippen molar-refractivity contribution in [2.75, 3.05) is 0 Å². The predicted octanol–water partition coefficient (Wildman–Crippen LogP) is 0.386. The zero-order chi connectivity index (χ0) is 11.0. The Morgan fingerprint density at radius 1 is 1.47 bits per heavy atom. The highest BCUT2D eigenvalue weighted by atomic mass is 16.5. The first-order valence-electron chi connectivity index (χ1n) is 4.45. The maximum Gasteiger partial charge on any atom is 0.196 e. The second-order valence-corrected chi connectivity index (χ2v) is 3.29. The summed E-state index contributed by atoms with van der Waals surface area (Å²) in [5.74, 6) is 0.206. The Kier molecular flexibility index (Phi) is 2.17. The van der Waals surface area contributed by atoms with Crippen LogP contribution >= 0.6 is 0 Å². The molecule has 2 aliphatic rings. The van der Waals surface area contributed by atoms with Gasteiger partial charge in [0.2, 0.25) is 0 Å². The van der Waals surface area contributed by atoms with Gasteiger partial charge in [0.05, 0.1) is 17.9 Å². The maximum absolute atomic E-state index is 11.7. The first-order valence-corrected chi connectivity index (χ1v) is 4.45. The average molecular weight is 206 g/mol. The Labute approximate surface area is 85.6 Å². The molecule has 0 atom stereocenters. The lowest BCUT2D eigenvalue weighted by molar-refractivity contribution is 0.179. The quantitative estimate of drug-likeness (QED) is 0.662. The van der Waals surface area contributed by atoms with E-state index in [4.69, 9.17) is 5.11 Å². The van der Waals surface area contributed by atoms with Crippen molar-refractivity contribution in [2.24, 2.45) is 0 Å². The van der Waals surface area contributed by atoms with Gasteiger partial charge in [-0.3, -0.25) is 4.79 Å². The van der Waals surface area contributed by atoms with E-state index in [0.29, 0.717) is 11.3 Å². The predicted molar refractivity (Wildman–Crippen MR) is 53.0 cm³/mol. The fraction of sp³-hybridized carbons (Fsp3) is 0.200. The number of pyridine rings is 2. The van der Waals surface area contributed by atoms with Gasteiger partial charge in [-0.1, -0.05) is 0 Å². The van der Waals surface area contributed by atoms with Crippen LogP contribution in [0.15, 0.2) is 23.1 Å². The van der Waals surface area contributed by atoms with Gasteiger partial charge in [-0.25, -0.2) is 4.98 Å². The van der Waals surface area contributed by atoms with Crippen LogP contribution in [0.4, 0.5) is 0 Å². The molecule has 0 saturated heterocycles. The van der Waals surface area contributed by atoms with E-state index >= 15 is 0 Å². The molecular weight excluding hydrogens is 196 g/mol.